The Labute approximate surface area is 115 Å². The van der Waals surface area contributed by atoms with Crippen LogP contribution in [0.25, 0.3) is 0 Å². The Balaban J connectivity index is 2.97. The molecule has 0 radical (unpaired) electrons. The van der Waals surface area contributed by atoms with Crippen molar-refractivity contribution in [3.05, 3.63) is 17.0 Å². The van der Waals surface area contributed by atoms with Gasteiger partial charge in [0, 0.05) is 23.8 Å². The number of aryl methyl sites for hydroxylation is 2. The number of aromatic nitrogens is 2. The van der Waals surface area contributed by atoms with Crippen LogP contribution in [-0.2, 0) is 11.3 Å². The summed E-state index contributed by atoms with van der Waals surface area (Å²) in [5, 5.41) is 7.83. The fraction of sp³-hybridized carbons (Fsp3) is 0.714. The van der Waals surface area contributed by atoms with Crippen LogP contribution in [0.5, 0.6) is 0 Å². The third-order valence-corrected chi connectivity index (χ3v) is 3.57. The summed E-state index contributed by atoms with van der Waals surface area (Å²) in [4.78, 5) is 11.5. The second-order valence-corrected chi connectivity index (χ2v) is 5.41. The van der Waals surface area contributed by atoms with Crippen molar-refractivity contribution in [1.82, 2.24) is 15.1 Å². The first kappa shape index (κ1) is 15.7. The van der Waals surface area contributed by atoms with Gasteiger partial charge in [0.05, 0.1) is 11.7 Å². The topological polar surface area (TPSA) is 72.9 Å². The summed E-state index contributed by atoms with van der Waals surface area (Å²) in [6.07, 6.45) is 0. The van der Waals surface area contributed by atoms with Crippen molar-refractivity contribution in [2.45, 2.75) is 60.2 Å². The van der Waals surface area contributed by atoms with Gasteiger partial charge < -0.3 is 5.73 Å². The standard InChI is InChI=1S/C14H26N4O/c1-7-18-11(6)12(10(5)17-18)9(4)16-13(8(2)3)14(15)19/h8-9,13,16H,7H2,1-6H3,(H2,15,19). The molecule has 0 aliphatic heterocycles. The molecule has 1 rings (SSSR count). The largest absolute Gasteiger partial charge is 0.368 e. The first-order valence-corrected chi connectivity index (χ1v) is 6.88. The minimum absolute atomic E-state index is 0.0557. The molecule has 1 aromatic rings. The van der Waals surface area contributed by atoms with Gasteiger partial charge in [0.15, 0.2) is 0 Å². The van der Waals surface area contributed by atoms with Gasteiger partial charge in [0.1, 0.15) is 0 Å². The molecule has 0 saturated carbocycles. The maximum Gasteiger partial charge on any atom is 0.234 e. The Morgan fingerprint density at radius 2 is 1.95 bits per heavy atom. The van der Waals surface area contributed by atoms with Crippen molar-refractivity contribution in [1.29, 1.82) is 0 Å². The maximum atomic E-state index is 11.5. The predicted octanol–water partition coefficient (Wildman–Crippen LogP) is 1.68. The SMILES string of the molecule is CCn1nc(C)c(C(C)NC(C(N)=O)C(C)C)c1C. The summed E-state index contributed by atoms with van der Waals surface area (Å²) in [5.74, 6) is -0.137. The normalized spacial score (nSPS) is 14.7. The van der Waals surface area contributed by atoms with Crippen molar-refractivity contribution in [2.75, 3.05) is 0 Å². The average Bonchev–Trinajstić information content (AvgIpc) is 2.60. The van der Waals surface area contributed by atoms with E-state index in [9.17, 15) is 4.79 Å². The van der Waals surface area contributed by atoms with Gasteiger partial charge in [0.25, 0.3) is 0 Å². The quantitative estimate of drug-likeness (QED) is 0.822. The lowest BCUT2D eigenvalue weighted by molar-refractivity contribution is -0.121. The van der Waals surface area contributed by atoms with Gasteiger partial charge in [-0.2, -0.15) is 5.10 Å². The minimum Gasteiger partial charge on any atom is -0.368 e. The molecule has 0 aliphatic rings. The lowest BCUT2D eigenvalue weighted by atomic mass is 10.00. The van der Waals surface area contributed by atoms with Gasteiger partial charge in [-0.1, -0.05) is 13.8 Å². The summed E-state index contributed by atoms with van der Waals surface area (Å²) in [7, 11) is 0. The molecule has 0 aromatic carbocycles. The number of carbonyl (C=O) groups is 1. The molecular formula is C14H26N4O. The molecule has 1 aromatic heterocycles. The van der Waals surface area contributed by atoms with Crippen molar-refractivity contribution in [2.24, 2.45) is 11.7 Å². The van der Waals surface area contributed by atoms with Crippen LogP contribution in [-0.4, -0.2) is 21.7 Å². The first-order valence-electron chi connectivity index (χ1n) is 6.88. The molecule has 3 N–H and O–H groups in total. The second-order valence-electron chi connectivity index (χ2n) is 5.41. The lowest BCUT2D eigenvalue weighted by Crippen LogP contribution is -2.46. The maximum absolute atomic E-state index is 11.5. The predicted molar refractivity (Wildman–Crippen MR) is 76.7 cm³/mol. The number of hydrogen-bond acceptors (Lipinski definition) is 3. The van der Waals surface area contributed by atoms with E-state index in [1.807, 2.05) is 25.5 Å². The zero-order valence-corrected chi connectivity index (χ0v) is 12.8. The summed E-state index contributed by atoms with van der Waals surface area (Å²) in [5.41, 5.74) is 8.76. The van der Waals surface area contributed by atoms with Crippen molar-refractivity contribution in [3.63, 3.8) is 0 Å². The van der Waals surface area contributed by atoms with Crippen LogP contribution >= 0.6 is 0 Å². The molecule has 0 saturated heterocycles. The molecule has 1 amide bonds. The van der Waals surface area contributed by atoms with Crippen LogP contribution < -0.4 is 11.1 Å². The number of amides is 1. The van der Waals surface area contributed by atoms with Gasteiger partial charge in [-0.15, -0.1) is 0 Å². The van der Waals surface area contributed by atoms with E-state index in [0.717, 1.165) is 23.5 Å². The van der Waals surface area contributed by atoms with E-state index in [4.69, 9.17) is 5.73 Å². The molecule has 2 atom stereocenters. The fourth-order valence-electron chi connectivity index (χ4n) is 2.60. The third kappa shape index (κ3) is 3.35. The van der Waals surface area contributed by atoms with E-state index < -0.39 is 0 Å². The molecule has 0 bridgehead atoms. The molecule has 0 spiro atoms. The summed E-state index contributed by atoms with van der Waals surface area (Å²) in [6, 6.07) is -0.265. The van der Waals surface area contributed by atoms with Crippen molar-refractivity contribution >= 4 is 5.91 Å². The molecule has 5 heteroatoms. The average molecular weight is 266 g/mol. The first-order chi connectivity index (χ1) is 8.79. The van der Waals surface area contributed by atoms with E-state index in [0.29, 0.717) is 0 Å². The summed E-state index contributed by atoms with van der Waals surface area (Å²) < 4.78 is 1.98. The van der Waals surface area contributed by atoms with Gasteiger partial charge in [-0.05, 0) is 33.6 Å². The molecule has 0 aliphatic carbocycles. The van der Waals surface area contributed by atoms with Crippen LogP contribution in [0.2, 0.25) is 0 Å². The monoisotopic (exact) mass is 266 g/mol. The van der Waals surface area contributed by atoms with E-state index in [1.54, 1.807) is 0 Å². The molecule has 0 fully saturated rings. The second kappa shape index (κ2) is 6.19. The van der Waals surface area contributed by atoms with E-state index in [-0.39, 0.29) is 23.9 Å². The van der Waals surface area contributed by atoms with Crippen molar-refractivity contribution in [3.8, 4) is 0 Å². The summed E-state index contributed by atoms with van der Waals surface area (Å²) >= 11 is 0. The Bertz CT molecular complexity index is 451. The van der Waals surface area contributed by atoms with E-state index >= 15 is 0 Å². The van der Waals surface area contributed by atoms with Gasteiger partial charge >= 0.3 is 0 Å². The molecule has 5 nitrogen and oxygen atoms in total. The van der Waals surface area contributed by atoms with Gasteiger partial charge in [0.2, 0.25) is 5.91 Å². The van der Waals surface area contributed by atoms with Crippen LogP contribution in [0.1, 0.15) is 50.7 Å². The third-order valence-electron chi connectivity index (χ3n) is 3.57. The lowest BCUT2D eigenvalue weighted by Gasteiger charge is -2.24. The smallest absolute Gasteiger partial charge is 0.234 e. The molecule has 1 heterocycles. The highest BCUT2D eigenvalue weighted by atomic mass is 16.1. The van der Waals surface area contributed by atoms with Gasteiger partial charge in [-0.3, -0.25) is 14.8 Å². The summed E-state index contributed by atoms with van der Waals surface area (Å²) in [6.45, 7) is 13.0. The zero-order valence-electron chi connectivity index (χ0n) is 12.8. The Morgan fingerprint density at radius 3 is 2.32 bits per heavy atom. The van der Waals surface area contributed by atoms with Gasteiger partial charge in [-0.25, -0.2) is 0 Å². The van der Waals surface area contributed by atoms with E-state index in [2.05, 4.69) is 31.2 Å². The number of primary amides is 1. The fourth-order valence-corrected chi connectivity index (χ4v) is 2.60. The number of hydrogen-bond donors (Lipinski definition) is 2. The van der Waals surface area contributed by atoms with Crippen LogP contribution in [0, 0.1) is 19.8 Å². The number of rotatable bonds is 6. The highest BCUT2D eigenvalue weighted by Gasteiger charge is 2.24. The Morgan fingerprint density at radius 1 is 1.37 bits per heavy atom. The zero-order chi connectivity index (χ0) is 14.7. The number of nitrogens with one attached hydrogen (secondary N) is 1. The highest BCUT2D eigenvalue weighted by molar-refractivity contribution is 5.80. The molecule has 108 valence electrons. The van der Waals surface area contributed by atoms with E-state index in [1.165, 1.54) is 0 Å². The van der Waals surface area contributed by atoms with Crippen LogP contribution in [0.15, 0.2) is 0 Å². The Kier molecular flexibility index (Phi) is 5.11. The highest BCUT2D eigenvalue weighted by Crippen LogP contribution is 2.22. The van der Waals surface area contributed by atoms with Crippen molar-refractivity contribution < 1.29 is 4.79 Å². The molecule has 19 heavy (non-hydrogen) atoms. The Hall–Kier alpha value is -1.36. The van der Waals surface area contributed by atoms with Crippen LogP contribution in [0.4, 0.5) is 0 Å². The number of carbonyl (C=O) groups excluding carboxylic acids is 1. The van der Waals surface area contributed by atoms with Crippen LogP contribution in [0.3, 0.4) is 0 Å². The molecule has 2 unspecified atom stereocenters. The number of nitrogens with zero attached hydrogens (tertiary/aromatic N) is 2. The minimum atomic E-state index is -0.321. The number of nitrogens with two attached hydrogens (primary N) is 1. The molecular weight excluding hydrogens is 240 g/mol.